The Kier molecular flexibility index (Phi) is 8.44. The van der Waals surface area contributed by atoms with Crippen LogP contribution >= 0.6 is 0 Å². The molecule has 346 valence electrons. The quantitative estimate of drug-likeness (QED) is 0.154. The van der Waals surface area contributed by atoms with E-state index in [-0.39, 0.29) is 20.1 Å². The Balaban J connectivity index is 1.00. The van der Waals surface area contributed by atoms with Crippen molar-refractivity contribution >= 4 is 138 Å². The Bertz CT molecular complexity index is 3850. The average molecular weight is 955 g/mol. The van der Waals surface area contributed by atoms with Crippen LogP contribution < -0.4 is 78.2 Å². The van der Waals surface area contributed by atoms with Crippen molar-refractivity contribution < 1.29 is 9.47 Å². The number of hydrogen-bond acceptors (Lipinski definition) is 6. The summed E-state index contributed by atoms with van der Waals surface area (Å²) in [7, 11) is 0. The maximum atomic E-state index is 6.95. The summed E-state index contributed by atoms with van der Waals surface area (Å²) < 4.78 is 13.9. The molecule has 0 unspecified atom stereocenters. The fourth-order valence-electron chi connectivity index (χ4n) is 13.6. The lowest BCUT2D eigenvalue weighted by Crippen LogP contribution is -2.72. The molecular formula is C66H41B3N4O2. The minimum atomic E-state index is -0.127. The maximum Gasteiger partial charge on any atom is 0.256 e. The van der Waals surface area contributed by atoms with Gasteiger partial charge in [0.05, 0.1) is 0 Å². The Morgan fingerprint density at radius 3 is 1.03 bits per heavy atom. The summed E-state index contributed by atoms with van der Waals surface area (Å²) in [4.78, 5) is 9.99. The van der Waals surface area contributed by atoms with Crippen molar-refractivity contribution in [2.24, 2.45) is 0 Å². The number of ether oxygens (including phenoxy) is 2. The van der Waals surface area contributed by atoms with E-state index in [9.17, 15) is 0 Å². The standard InChI is InChI=1S/C66H41B3N4O2/c1-5-19-42(20-6-1)70(43-21-7-2-8-22-43)46-35-37-48-56(39-46)72-54-29-17-33-60-62(54)68(50-27-13-15-31-58(50)74-60)52-41-53-66-64(65(52)72)67(48)49-38-36-47(71(44-23-9-3-10-24-44)45-25-11-4-12-26-45)40-57(49)73(66)55-30-18-34-61-63(55)69(53)51-28-14-16-32-59(51)75-61/h1-41H. The first-order valence-electron chi connectivity index (χ1n) is 25.9. The first kappa shape index (κ1) is 40.9. The van der Waals surface area contributed by atoms with Gasteiger partial charge in [-0.1, -0.05) is 140 Å². The fraction of sp³-hybridized carbons (Fsp3) is 0. The molecule has 0 aliphatic carbocycles. The molecule has 6 nitrogen and oxygen atoms in total. The molecule has 0 fully saturated rings. The van der Waals surface area contributed by atoms with Gasteiger partial charge in [-0.05, 0) is 158 Å². The number of hydrogen-bond donors (Lipinski definition) is 0. The van der Waals surface area contributed by atoms with Crippen LogP contribution in [0.5, 0.6) is 23.0 Å². The molecule has 0 amide bonds. The Hall–Kier alpha value is -9.59. The molecule has 0 radical (unpaired) electrons. The summed E-state index contributed by atoms with van der Waals surface area (Å²) in [6.07, 6.45) is 0. The van der Waals surface area contributed by atoms with Gasteiger partial charge in [0.15, 0.2) is 0 Å². The van der Waals surface area contributed by atoms with Gasteiger partial charge in [-0.3, -0.25) is 0 Å². The van der Waals surface area contributed by atoms with Gasteiger partial charge in [0.25, 0.3) is 20.1 Å². The van der Waals surface area contributed by atoms with E-state index in [1.807, 2.05) is 0 Å². The van der Waals surface area contributed by atoms with E-state index < -0.39 is 0 Å². The molecule has 0 saturated heterocycles. The van der Waals surface area contributed by atoms with Crippen LogP contribution in [-0.2, 0) is 0 Å². The lowest BCUT2D eigenvalue weighted by molar-refractivity contribution is 0.487. The van der Waals surface area contributed by atoms with Crippen molar-refractivity contribution in [2.75, 3.05) is 19.6 Å². The molecule has 17 rings (SSSR count). The second-order valence-corrected chi connectivity index (χ2v) is 20.3. The van der Waals surface area contributed by atoms with Crippen molar-refractivity contribution in [2.45, 2.75) is 0 Å². The predicted molar refractivity (Wildman–Crippen MR) is 312 cm³/mol. The van der Waals surface area contributed by atoms with Gasteiger partial charge < -0.3 is 29.1 Å². The van der Waals surface area contributed by atoms with E-state index in [0.29, 0.717) is 0 Å². The lowest BCUT2D eigenvalue weighted by Gasteiger charge is -2.52. The molecule has 6 aliphatic rings. The molecule has 6 aliphatic heterocycles. The van der Waals surface area contributed by atoms with Gasteiger partial charge in [-0.25, -0.2) is 0 Å². The third kappa shape index (κ3) is 5.67. The van der Waals surface area contributed by atoms with Crippen LogP contribution in [0.15, 0.2) is 249 Å². The predicted octanol–water partition coefficient (Wildman–Crippen LogP) is 10.6. The lowest BCUT2D eigenvalue weighted by atomic mass is 9.26. The molecular weight excluding hydrogens is 913 g/mol. The van der Waals surface area contributed by atoms with Gasteiger partial charge in [-0.2, -0.15) is 0 Å². The fourth-order valence-corrected chi connectivity index (χ4v) is 13.6. The van der Waals surface area contributed by atoms with Crippen LogP contribution in [0, 0.1) is 0 Å². The SMILES string of the molecule is c1ccc(N(c2ccccc2)c2ccc3c(c2)N2c4cccc5c4B(c4ccccc4O5)c4cc5c6c(c42)B3c2ccc(N(c3ccccc3)c3ccccc3)cc2N6c2cccc3c2B5c2ccccc2O3)cc1. The molecule has 0 spiro atoms. The number of para-hydroxylation sites is 6. The monoisotopic (exact) mass is 954 g/mol. The molecule has 0 atom stereocenters. The zero-order valence-corrected chi connectivity index (χ0v) is 40.5. The zero-order chi connectivity index (χ0) is 48.9. The summed E-state index contributed by atoms with van der Waals surface area (Å²) >= 11 is 0. The van der Waals surface area contributed by atoms with E-state index >= 15 is 0 Å². The first-order chi connectivity index (χ1) is 37.2. The highest BCUT2D eigenvalue weighted by Gasteiger charge is 2.54. The number of rotatable bonds is 6. The van der Waals surface area contributed by atoms with Crippen LogP contribution in [0.2, 0.25) is 0 Å². The second kappa shape index (κ2) is 15.5. The Morgan fingerprint density at radius 2 is 0.613 bits per heavy atom. The van der Waals surface area contributed by atoms with Gasteiger partial charge >= 0.3 is 0 Å². The highest BCUT2D eigenvalue weighted by Crippen LogP contribution is 2.50. The number of nitrogens with zero attached hydrogens (tertiary/aromatic N) is 4. The minimum Gasteiger partial charge on any atom is -0.458 e. The van der Waals surface area contributed by atoms with Crippen molar-refractivity contribution in [1.29, 1.82) is 0 Å². The summed E-state index contributed by atoms with van der Waals surface area (Å²) in [5.41, 5.74) is 24.8. The van der Waals surface area contributed by atoms with Crippen LogP contribution in [-0.4, -0.2) is 20.1 Å². The van der Waals surface area contributed by atoms with Crippen LogP contribution in [0.1, 0.15) is 0 Å². The van der Waals surface area contributed by atoms with Gasteiger partial charge in [0.2, 0.25) is 0 Å². The minimum absolute atomic E-state index is 0.0845. The van der Waals surface area contributed by atoms with Crippen molar-refractivity contribution in [3.05, 3.63) is 249 Å². The summed E-state index contributed by atoms with van der Waals surface area (Å²) in [6.45, 7) is -0.296. The molecule has 75 heavy (non-hydrogen) atoms. The van der Waals surface area contributed by atoms with E-state index in [2.05, 4.69) is 268 Å². The van der Waals surface area contributed by atoms with Gasteiger partial charge in [-0.15, -0.1) is 0 Å². The molecule has 11 aromatic carbocycles. The summed E-state index contributed by atoms with van der Waals surface area (Å²) in [6, 6.07) is 90.7. The van der Waals surface area contributed by atoms with E-state index in [0.717, 1.165) is 79.9 Å². The molecule has 6 heterocycles. The number of anilines is 12. The van der Waals surface area contributed by atoms with E-state index in [1.165, 1.54) is 60.5 Å². The average Bonchev–Trinajstić information content (AvgIpc) is 3.51. The number of benzene rings is 11. The molecule has 0 aromatic heterocycles. The van der Waals surface area contributed by atoms with Crippen LogP contribution in [0.4, 0.5) is 68.2 Å². The van der Waals surface area contributed by atoms with E-state index in [1.54, 1.807) is 0 Å². The highest BCUT2D eigenvalue weighted by atomic mass is 16.5. The van der Waals surface area contributed by atoms with Crippen molar-refractivity contribution in [1.82, 2.24) is 0 Å². The summed E-state index contributed by atoms with van der Waals surface area (Å²) in [5.74, 6) is 3.60. The summed E-state index contributed by atoms with van der Waals surface area (Å²) in [5, 5.41) is 0. The highest BCUT2D eigenvalue weighted by molar-refractivity contribution is 7.07. The molecule has 0 saturated carbocycles. The van der Waals surface area contributed by atoms with Gasteiger partial charge in [0, 0.05) is 68.2 Å². The number of fused-ring (bicyclic) bond motifs is 14. The zero-order valence-electron chi connectivity index (χ0n) is 40.5. The first-order valence-corrected chi connectivity index (χ1v) is 25.9. The Labute approximate surface area is 436 Å². The smallest absolute Gasteiger partial charge is 0.256 e. The third-order valence-corrected chi connectivity index (χ3v) is 16.5. The third-order valence-electron chi connectivity index (χ3n) is 16.5. The van der Waals surface area contributed by atoms with Crippen LogP contribution in [0.3, 0.4) is 0 Å². The Morgan fingerprint density at radius 1 is 0.253 bits per heavy atom. The van der Waals surface area contributed by atoms with Crippen LogP contribution in [0.25, 0.3) is 0 Å². The topological polar surface area (TPSA) is 31.4 Å². The molecule has 9 heteroatoms. The molecule has 0 N–H and O–H groups in total. The molecule has 0 bridgehead atoms. The largest absolute Gasteiger partial charge is 0.458 e. The van der Waals surface area contributed by atoms with Gasteiger partial charge in [0.1, 0.15) is 23.0 Å². The maximum absolute atomic E-state index is 6.95. The van der Waals surface area contributed by atoms with Crippen molar-refractivity contribution in [3.8, 4) is 23.0 Å². The van der Waals surface area contributed by atoms with Crippen molar-refractivity contribution in [3.63, 3.8) is 0 Å². The van der Waals surface area contributed by atoms with E-state index in [4.69, 9.17) is 9.47 Å². The normalized spacial score (nSPS) is 13.7. The molecule has 11 aromatic rings. The second-order valence-electron chi connectivity index (χ2n) is 20.3.